The van der Waals surface area contributed by atoms with Gasteiger partial charge < -0.3 is 5.73 Å². The van der Waals surface area contributed by atoms with Crippen molar-refractivity contribution in [3.8, 4) is 0 Å². The summed E-state index contributed by atoms with van der Waals surface area (Å²) < 4.78 is 0. The van der Waals surface area contributed by atoms with Crippen LogP contribution in [0, 0.1) is 5.41 Å². The van der Waals surface area contributed by atoms with Crippen LogP contribution in [-0.2, 0) is 6.42 Å². The summed E-state index contributed by atoms with van der Waals surface area (Å²) in [4.78, 5) is 0. The first-order valence-corrected chi connectivity index (χ1v) is 6.89. The van der Waals surface area contributed by atoms with Gasteiger partial charge >= 0.3 is 0 Å². The second-order valence-corrected chi connectivity index (χ2v) is 6.13. The van der Waals surface area contributed by atoms with E-state index in [9.17, 15) is 0 Å². The number of rotatable bonds is 2. The van der Waals surface area contributed by atoms with Gasteiger partial charge in [-0.1, -0.05) is 49.4 Å². The zero-order valence-electron chi connectivity index (χ0n) is 11.0. The minimum absolute atomic E-state index is 0.392. The second kappa shape index (κ2) is 4.40. The van der Waals surface area contributed by atoms with Crippen molar-refractivity contribution in [3.63, 3.8) is 0 Å². The zero-order chi connectivity index (χ0) is 12.6. The van der Waals surface area contributed by atoms with Crippen LogP contribution >= 0.6 is 0 Å². The van der Waals surface area contributed by atoms with Gasteiger partial charge in [0.25, 0.3) is 0 Å². The van der Waals surface area contributed by atoms with Crippen molar-refractivity contribution < 1.29 is 0 Å². The summed E-state index contributed by atoms with van der Waals surface area (Å²) in [6.45, 7) is 2.39. The van der Waals surface area contributed by atoms with E-state index in [2.05, 4.69) is 49.4 Å². The van der Waals surface area contributed by atoms with Gasteiger partial charge in [0.1, 0.15) is 0 Å². The van der Waals surface area contributed by atoms with E-state index >= 15 is 0 Å². The summed E-state index contributed by atoms with van der Waals surface area (Å²) in [5.74, 6) is 0. The lowest BCUT2D eigenvalue weighted by Gasteiger charge is -2.24. The molecule has 0 spiro atoms. The highest BCUT2D eigenvalue weighted by Gasteiger charge is 2.33. The van der Waals surface area contributed by atoms with Crippen molar-refractivity contribution in [3.05, 3.63) is 48.0 Å². The highest BCUT2D eigenvalue weighted by Crippen LogP contribution is 2.40. The Labute approximate surface area is 109 Å². The molecule has 18 heavy (non-hydrogen) atoms. The third kappa shape index (κ3) is 2.15. The van der Waals surface area contributed by atoms with E-state index in [1.54, 1.807) is 0 Å². The molecule has 3 rings (SSSR count). The Morgan fingerprint density at radius 1 is 1.17 bits per heavy atom. The first kappa shape index (κ1) is 11.7. The van der Waals surface area contributed by atoms with Crippen molar-refractivity contribution in [1.29, 1.82) is 0 Å². The average molecular weight is 239 g/mol. The predicted molar refractivity (Wildman–Crippen MR) is 77.6 cm³/mol. The van der Waals surface area contributed by atoms with Crippen molar-refractivity contribution in [2.75, 3.05) is 0 Å². The minimum atomic E-state index is 0.392. The van der Waals surface area contributed by atoms with E-state index in [0.717, 1.165) is 12.8 Å². The third-order valence-electron chi connectivity index (χ3n) is 4.37. The Kier molecular flexibility index (Phi) is 2.87. The molecule has 1 heteroatoms. The molecule has 0 saturated heterocycles. The average Bonchev–Trinajstić information content (AvgIpc) is 2.70. The fourth-order valence-corrected chi connectivity index (χ4v) is 3.44. The molecule has 0 heterocycles. The molecule has 0 aromatic heterocycles. The van der Waals surface area contributed by atoms with Gasteiger partial charge in [-0.2, -0.15) is 0 Å². The number of hydrogen-bond acceptors (Lipinski definition) is 1. The van der Waals surface area contributed by atoms with Crippen LogP contribution in [0.1, 0.15) is 31.7 Å². The summed E-state index contributed by atoms with van der Waals surface area (Å²) >= 11 is 0. The maximum absolute atomic E-state index is 6.08. The molecule has 94 valence electrons. The monoisotopic (exact) mass is 239 g/mol. The first-order chi connectivity index (χ1) is 8.66. The van der Waals surface area contributed by atoms with Crippen molar-refractivity contribution >= 4 is 10.8 Å². The van der Waals surface area contributed by atoms with Crippen molar-refractivity contribution in [2.45, 2.75) is 38.6 Å². The molecular formula is C17H21N. The molecule has 1 fully saturated rings. The number of hydrogen-bond donors (Lipinski definition) is 1. The predicted octanol–water partition coefficient (Wildman–Crippen LogP) is 3.90. The zero-order valence-corrected chi connectivity index (χ0v) is 11.0. The molecule has 0 radical (unpaired) electrons. The van der Waals surface area contributed by atoms with Crippen molar-refractivity contribution in [2.24, 2.45) is 11.1 Å². The number of benzene rings is 2. The molecule has 2 aromatic carbocycles. The van der Waals surface area contributed by atoms with Gasteiger partial charge in [0.2, 0.25) is 0 Å². The van der Waals surface area contributed by atoms with Crippen LogP contribution in [-0.4, -0.2) is 6.04 Å². The molecule has 2 aromatic rings. The van der Waals surface area contributed by atoms with Crippen LogP contribution in [0.2, 0.25) is 0 Å². The maximum Gasteiger partial charge on any atom is 0.00443 e. The molecule has 1 nitrogen and oxygen atoms in total. The molecule has 1 saturated carbocycles. The Bertz CT molecular complexity index is 555. The highest BCUT2D eigenvalue weighted by atomic mass is 14.7. The van der Waals surface area contributed by atoms with E-state index in [1.165, 1.54) is 29.2 Å². The molecule has 2 atom stereocenters. The third-order valence-corrected chi connectivity index (χ3v) is 4.37. The largest absolute Gasteiger partial charge is 0.328 e. The number of nitrogens with two attached hydrogens (primary N) is 1. The normalized spacial score (nSPS) is 27.8. The Balaban J connectivity index is 1.95. The molecule has 0 amide bonds. The lowest BCUT2D eigenvalue weighted by atomic mass is 9.81. The molecular weight excluding hydrogens is 218 g/mol. The van der Waals surface area contributed by atoms with E-state index in [1.807, 2.05) is 0 Å². The fraction of sp³-hybridized carbons (Fsp3) is 0.412. The molecule has 1 aliphatic rings. The topological polar surface area (TPSA) is 26.0 Å². The van der Waals surface area contributed by atoms with Crippen LogP contribution in [0.5, 0.6) is 0 Å². The second-order valence-electron chi connectivity index (χ2n) is 6.13. The lowest BCUT2D eigenvalue weighted by Crippen LogP contribution is -2.21. The Morgan fingerprint density at radius 2 is 1.94 bits per heavy atom. The summed E-state index contributed by atoms with van der Waals surface area (Å²) in [6.07, 6.45) is 4.76. The van der Waals surface area contributed by atoms with Gasteiger partial charge in [0.15, 0.2) is 0 Å². The molecule has 0 bridgehead atoms. The summed E-state index contributed by atoms with van der Waals surface area (Å²) in [5, 5.41) is 2.75. The molecule has 0 aliphatic heterocycles. The summed E-state index contributed by atoms with van der Waals surface area (Å²) in [7, 11) is 0. The van der Waals surface area contributed by atoms with Gasteiger partial charge in [-0.15, -0.1) is 0 Å². The van der Waals surface area contributed by atoms with E-state index in [4.69, 9.17) is 5.73 Å². The van der Waals surface area contributed by atoms with Crippen LogP contribution < -0.4 is 5.73 Å². The van der Waals surface area contributed by atoms with Crippen LogP contribution in [0.25, 0.3) is 10.8 Å². The van der Waals surface area contributed by atoms with Crippen LogP contribution in [0.4, 0.5) is 0 Å². The lowest BCUT2D eigenvalue weighted by molar-refractivity contribution is 0.330. The smallest absolute Gasteiger partial charge is 0.00443 e. The SMILES string of the molecule is CC1(Cc2cccc3ccccc23)CCC(N)C1. The standard InChI is InChI=1S/C17H21N/c1-17(10-9-15(18)12-17)11-14-7-4-6-13-5-2-3-8-16(13)14/h2-8,15H,9-12,18H2,1H3. The van der Waals surface area contributed by atoms with Crippen LogP contribution in [0.3, 0.4) is 0 Å². The Hall–Kier alpha value is -1.34. The van der Waals surface area contributed by atoms with Crippen LogP contribution in [0.15, 0.2) is 42.5 Å². The number of fused-ring (bicyclic) bond motifs is 1. The molecule has 2 unspecified atom stereocenters. The van der Waals surface area contributed by atoms with Crippen molar-refractivity contribution in [1.82, 2.24) is 0 Å². The van der Waals surface area contributed by atoms with E-state index < -0.39 is 0 Å². The van der Waals surface area contributed by atoms with Gasteiger partial charge in [0.05, 0.1) is 0 Å². The summed E-state index contributed by atoms with van der Waals surface area (Å²) in [6, 6.07) is 15.7. The molecule has 1 aliphatic carbocycles. The highest BCUT2D eigenvalue weighted by molar-refractivity contribution is 5.85. The van der Waals surface area contributed by atoms with Gasteiger partial charge in [0, 0.05) is 6.04 Å². The molecule has 2 N–H and O–H groups in total. The first-order valence-electron chi connectivity index (χ1n) is 6.89. The van der Waals surface area contributed by atoms with Gasteiger partial charge in [-0.3, -0.25) is 0 Å². The minimum Gasteiger partial charge on any atom is -0.328 e. The summed E-state index contributed by atoms with van der Waals surface area (Å²) in [5.41, 5.74) is 7.95. The van der Waals surface area contributed by atoms with E-state index in [-0.39, 0.29) is 0 Å². The fourth-order valence-electron chi connectivity index (χ4n) is 3.44. The van der Waals surface area contributed by atoms with E-state index in [0.29, 0.717) is 11.5 Å². The van der Waals surface area contributed by atoms with Gasteiger partial charge in [-0.05, 0) is 47.4 Å². The Morgan fingerprint density at radius 3 is 2.72 bits per heavy atom. The van der Waals surface area contributed by atoms with Gasteiger partial charge in [-0.25, -0.2) is 0 Å². The maximum atomic E-state index is 6.08. The quantitative estimate of drug-likeness (QED) is 0.845.